The first kappa shape index (κ1) is 15.1. The van der Waals surface area contributed by atoms with Gasteiger partial charge < -0.3 is 15.8 Å². The molecule has 0 bridgehead atoms. The van der Waals surface area contributed by atoms with E-state index in [1.54, 1.807) is 0 Å². The number of halogens is 4. The molecule has 1 unspecified atom stereocenters. The zero-order chi connectivity index (χ0) is 14.6. The number of benzene rings is 1. The van der Waals surface area contributed by atoms with E-state index in [0.29, 0.717) is 0 Å². The second-order valence-electron chi connectivity index (χ2n) is 3.98. The molecule has 0 aliphatic heterocycles. The molecule has 8 heteroatoms. The lowest BCUT2D eigenvalue weighted by Crippen LogP contribution is -2.43. The molecular formula is C11H13F4N3O. The molecule has 0 saturated heterocycles. The number of oxime groups is 1. The molecule has 0 aliphatic rings. The molecule has 1 aromatic rings. The Morgan fingerprint density at radius 3 is 2.58 bits per heavy atom. The van der Waals surface area contributed by atoms with Crippen LogP contribution >= 0.6 is 0 Å². The number of alkyl halides is 3. The van der Waals surface area contributed by atoms with Gasteiger partial charge in [0, 0.05) is 19.3 Å². The van der Waals surface area contributed by atoms with E-state index in [-0.39, 0.29) is 5.69 Å². The highest BCUT2D eigenvalue weighted by molar-refractivity contribution is 5.83. The molecule has 3 N–H and O–H groups in total. The number of amidine groups is 1. The van der Waals surface area contributed by atoms with Crippen molar-refractivity contribution in [3.8, 4) is 0 Å². The van der Waals surface area contributed by atoms with Crippen molar-refractivity contribution in [1.29, 1.82) is 0 Å². The van der Waals surface area contributed by atoms with E-state index in [1.807, 2.05) is 0 Å². The highest BCUT2D eigenvalue weighted by atomic mass is 19.4. The number of hydrogen-bond acceptors (Lipinski definition) is 3. The fourth-order valence-corrected chi connectivity index (χ4v) is 1.53. The van der Waals surface area contributed by atoms with Gasteiger partial charge in [-0.3, -0.25) is 0 Å². The van der Waals surface area contributed by atoms with Crippen LogP contribution in [0.3, 0.4) is 0 Å². The van der Waals surface area contributed by atoms with Crippen LogP contribution in [-0.2, 0) is 0 Å². The van der Waals surface area contributed by atoms with Crippen molar-refractivity contribution in [2.24, 2.45) is 16.8 Å². The minimum absolute atomic E-state index is 0.264. The number of anilines is 1. The Balaban J connectivity index is 2.91. The number of rotatable bonds is 4. The Morgan fingerprint density at radius 1 is 1.47 bits per heavy atom. The second kappa shape index (κ2) is 5.77. The zero-order valence-corrected chi connectivity index (χ0v) is 10.0. The Bertz CT molecular complexity index is 461. The Labute approximate surface area is 107 Å². The lowest BCUT2D eigenvalue weighted by molar-refractivity contribution is -0.153. The first-order valence-corrected chi connectivity index (χ1v) is 5.26. The minimum atomic E-state index is -4.65. The molecule has 1 aromatic carbocycles. The van der Waals surface area contributed by atoms with E-state index < -0.39 is 30.3 Å². The lowest BCUT2D eigenvalue weighted by atomic mass is 10.1. The summed E-state index contributed by atoms with van der Waals surface area (Å²) in [6.45, 7) is -0.581. The van der Waals surface area contributed by atoms with Gasteiger partial charge in [0.1, 0.15) is 11.7 Å². The van der Waals surface area contributed by atoms with Crippen LogP contribution in [0.5, 0.6) is 0 Å². The predicted molar refractivity (Wildman–Crippen MR) is 62.6 cm³/mol. The molecule has 0 aromatic heterocycles. The normalized spacial score (nSPS) is 14.3. The van der Waals surface area contributed by atoms with Crippen LogP contribution in [-0.4, -0.2) is 30.8 Å². The molecule has 0 saturated carbocycles. The van der Waals surface area contributed by atoms with E-state index in [0.717, 1.165) is 6.07 Å². The third-order valence-corrected chi connectivity index (χ3v) is 2.57. The van der Waals surface area contributed by atoms with Crippen molar-refractivity contribution in [3.63, 3.8) is 0 Å². The Hall–Kier alpha value is -1.99. The quantitative estimate of drug-likeness (QED) is 0.292. The van der Waals surface area contributed by atoms with Crippen LogP contribution in [0.15, 0.2) is 29.4 Å². The van der Waals surface area contributed by atoms with E-state index in [4.69, 9.17) is 10.9 Å². The van der Waals surface area contributed by atoms with Crippen molar-refractivity contribution >= 4 is 11.5 Å². The van der Waals surface area contributed by atoms with Crippen LogP contribution in [0.25, 0.3) is 0 Å². The first-order valence-electron chi connectivity index (χ1n) is 5.26. The van der Waals surface area contributed by atoms with Crippen molar-refractivity contribution in [1.82, 2.24) is 0 Å². The second-order valence-corrected chi connectivity index (χ2v) is 3.98. The van der Waals surface area contributed by atoms with Crippen LogP contribution in [0.1, 0.15) is 0 Å². The monoisotopic (exact) mass is 279 g/mol. The highest BCUT2D eigenvalue weighted by Crippen LogP contribution is 2.28. The Morgan fingerprint density at radius 2 is 2.11 bits per heavy atom. The average Bonchev–Trinajstić information content (AvgIpc) is 2.33. The van der Waals surface area contributed by atoms with Gasteiger partial charge in [0.15, 0.2) is 5.84 Å². The van der Waals surface area contributed by atoms with Crippen molar-refractivity contribution in [2.45, 2.75) is 6.18 Å². The summed E-state index contributed by atoms with van der Waals surface area (Å²) in [7, 11) is 1.36. The summed E-state index contributed by atoms with van der Waals surface area (Å²) in [5.41, 5.74) is 5.30. The summed E-state index contributed by atoms with van der Waals surface area (Å²) < 4.78 is 51.2. The molecule has 0 aliphatic carbocycles. The van der Waals surface area contributed by atoms with Gasteiger partial charge in [-0.1, -0.05) is 11.2 Å². The molecule has 0 heterocycles. The molecule has 19 heavy (non-hydrogen) atoms. The summed E-state index contributed by atoms with van der Waals surface area (Å²) in [6.07, 6.45) is -4.65. The minimum Gasteiger partial charge on any atom is -0.409 e. The van der Waals surface area contributed by atoms with E-state index in [9.17, 15) is 17.6 Å². The number of hydrogen-bond donors (Lipinski definition) is 2. The van der Waals surface area contributed by atoms with E-state index >= 15 is 0 Å². The average molecular weight is 279 g/mol. The van der Waals surface area contributed by atoms with Gasteiger partial charge in [0.05, 0.1) is 0 Å². The van der Waals surface area contributed by atoms with Gasteiger partial charge >= 0.3 is 6.18 Å². The van der Waals surface area contributed by atoms with Gasteiger partial charge in [-0.2, -0.15) is 13.2 Å². The van der Waals surface area contributed by atoms with Gasteiger partial charge in [-0.25, -0.2) is 4.39 Å². The lowest BCUT2D eigenvalue weighted by Gasteiger charge is -2.26. The largest absolute Gasteiger partial charge is 0.409 e. The molecule has 1 rings (SSSR count). The van der Waals surface area contributed by atoms with Crippen molar-refractivity contribution in [2.75, 3.05) is 18.5 Å². The van der Waals surface area contributed by atoms with Gasteiger partial charge in [0.2, 0.25) is 0 Å². The fourth-order valence-electron chi connectivity index (χ4n) is 1.53. The number of nitrogens with zero attached hydrogens (tertiary/aromatic N) is 2. The summed E-state index contributed by atoms with van der Waals surface area (Å²) in [4.78, 5) is 1.18. The maximum Gasteiger partial charge on any atom is 0.400 e. The zero-order valence-electron chi connectivity index (χ0n) is 10.0. The third kappa shape index (κ3) is 4.01. The molecule has 4 nitrogen and oxygen atoms in total. The van der Waals surface area contributed by atoms with Gasteiger partial charge in [-0.05, 0) is 18.2 Å². The summed E-state index contributed by atoms with van der Waals surface area (Å²) >= 11 is 0. The summed E-state index contributed by atoms with van der Waals surface area (Å²) in [5.74, 6) is -3.63. The predicted octanol–water partition coefficient (Wildman–Crippen LogP) is 2.19. The maximum absolute atomic E-state index is 13.0. The topological polar surface area (TPSA) is 61.8 Å². The highest BCUT2D eigenvalue weighted by Gasteiger charge is 2.43. The fraction of sp³-hybridized carbons (Fsp3) is 0.364. The molecule has 0 amide bonds. The Kier molecular flexibility index (Phi) is 4.57. The summed E-state index contributed by atoms with van der Waals surface area (Å²) in [5, 5.41) is 10.8. The smallest absolute Gasteiger partial charge is 0.400 e. The SMILES string of the molecule is CN(CC(/C(N)=N/O)C(F)(F)F)c1cccc(F)c1. The molecule has 106 valence electrons. The van der Waals surface area contributed by atoms with E-state index in [2.05, 4.69) is 5.16 Å². The molecule has 0 fully saturated rings. The van der Waals surface area contributed by atoms with Crippen LogP contribution in [0.4, 0.5) is 23.2 Å². The van der Waals surface area contributed by atoms with Gasteiger partial charge in [-0.15, -0.1) is 0 Å². The molecular weight excluding hydrogens is 266 g/mol. The maximum atomic E-state index is 13.0. The third-order valence-electron chi connectivity index (χ3n) is 2.57. The standard InChI is InChI=1S/C11H13F4N3O/c1-18(8-4-2-3-7(12)5-8)6-9(10(16)17-19)11(13,14)15/h2-5,9,19H,6H2,1H3,(H2,16,17). The molecule has 1 atom stereocenters. The van der Waals surface area contributed by atoms with Crippen molar-refractivity contribution < 1.29 is 22.8 Å². The molecule has 0 spiro atoms. The van der Waals surface area contributed by atoms with E-state index in [1.165, 1.54) is 30.1 Å². The number of nitrogens with two attached hydrogens (primary N) is 1. The van der Waals surface area contributed by atoms with Gasteiger partial charge in [0.25, 0.3) is 0 Å². The van der Waals surface area contributed by atoms with Crippen molar-refractivity contribution in [3.05, 3.63) is 30.1 Å². The van der Waals surface area contributed by atoms with Crippen LogP contribution < -0.4 is 10.6 Å². The van der Waals surface area contributed by atoms with Crippen LogP contribution in [0.2, 0.25) is 0 Å². The first-order chi connectivity index (χ1) is 8.75. The summed E-state index contributed by atoms with van der Waals surface area (Å²) in [6, 6.07) is 5.12. The molecule has 0 radical (unpaired) electrons. The van der Waals surface area contributed by atoms with Crippen LogP contribution in [0, 0.1) is 11.7 Å².